The summed E-state index contributed by atoms with van der Waals surface area (Å²) in [6.45, 7) is 6.73. The molecule has 2 fully saturated rings. The number of likely N-dealkylation sites (N-methyl/N-ethyl adjacent to an activating group) is 1. The van der Waals surface area contributed by atoms with Gasteiger partial charge in [-0.25, -0.2) is 0 Å². The van der Waals surface area contributed by atoms with Gasteiger partial charge in [0.05, 0.1) is 0 Å². The molecule has 18 heavy (non-hydrogen) atoms. The van der Waals surface area contributed by atoms with Crippen molar-refractivity contribution in [2.75, 3.05) is 40.3 Å². The van der Waals surface area contributed by atoms with E-state index >= 15 is 0 Å². The average Bonchev–Trinajstić information content (AvgIpc) is 3.16. The molecule has 0 spiro atoms. The minimum absolute atomic E-state index is 0.353. The molecule has 0 unspecified atom stereocenters. The third kappa shape index (κ3) is 2.89. The monoisotopic (exact) mass is 253 g/mol. The van der Waals surface area contributed by atoms with E-state index in [2.05, 4.69) is 30.8 Å². The van der Waals surface area contributed by atoms with E-state index < -0.39 is 0 Å². The second kappa shape index (κ2) is 5.89. The van der Waals surface area contributed by atoms with Crippen molar-refractivity contribution in [2.24, 2.45) is 17.6 Å². The van der Waals surface area contributed by atoms with Gasteiger partial charge >= 0.3 is 0 Å². The Morgan fingerprint density at radius 3 is 1.89 bits per heavy atom. The Labute approximate surface area is 113 Å². The molecule has 0 aliphatic heterocycles. The van der Waals surface area contributed by atoms with Crippen LogP contribution in [-0.2, 0) is 0 Å². The number of nitrogens with two attached hydrogens (primary N) is 1. The Morgan fingerprint density at radius 2 is 1.56 bits per heavy atom. The van der Waals surface area contributed by atoms with Gasteiger partial charge in [0, 0.05) is 25.2 Å². The summed E-state index contributed by atoms with van der Waals surface area (Å²) in [7, 11) is 4.34. The third-order valence-electron chi connectivity index (χ3n) is 4.80. The predicted molar refractivity (Wildman–Crippen MR) is 77.7 cm³/mol. The normalized spacial score (nSPS) is 21.0. The van der Waals surface area contributed by atoms with Crippen molar-refractivity contribution in [3.63, 3.8) is 0 Å². The molecule has 2 saturated carbocycles. The lowest BCUT2D eigenvalue weighted by Crippen LogP contribution is -2.59. The molecule has 0 heterocycles. The van der Waals surface area contributed by atoms with Crippen LogP contribution < -0.4 is 5.73 Å². The Balaban J connectivity index is 2.08. The zero-order valence-electron chi connectivity index (χ0n) is 12.5. The van der Waals surface area contributed by atoms with Gasteiger partial charge in [-0.3, -0.25) is 4.90 Å². The summed E-state index contributed by atoms with van der Waals surface area (Å²) < 4.78 is 0. The molecule has 2 rings (SSSR count). The average molecular weight is 253 g/mol. The minimum Gasteiger partial charge on any atom is -0.329 e. The van der Waals surface area contributed by atoms with Crippen LogP contribution in [0.25, 0.3) is 0 Å². The maximum absolute atomic E-state index is 6.27. The van der Waals surface area contributed by atoms with E-state index in [0.717, 1.165) is 24.9 Å². The summed E-state index contributed by atoms with van der Waals surface area (Å²) in [6, 6.07) is 0. The number of hydrogen-bond acceptors (Lipinski definition) is 3. The quantitative estimate of drug-likeness (QED) is 0.680. The third-order valence-corrected chi connectivity index (χ3v) is 4.80. The molecule has 0 aromatic rings. The number of nitrogens with zero attached hydrogens (tertiary/aromatic N) is 2. The van der Waals surface area contributed by atoms with Gasteiger partial charge in [-0.05, 0) is 64.6 Å². The molecular formula is C15H31N3. The molecule has 0 amide bonds. The van der Waals surface area contributed by atoms with Crippen LogP contribution in [0.15, 0.2) is 0 Å². The van der Waals surface area contributed by atoms with Gasteiger partial charge in [-0.15, -0.1) is 0 Å². The summed E-state index contributed by atoms with van der Waals surface area (Å²) in [4.78, 5) is 5.05. The first-order valence-corrected chi connectivity index (χ1v) is 7.75. The molecule has 0 aromatic heterocycles. The largest absolute Gasteiger partial charge is 0.329 e. The highest BCUT2D eigenvalue weighted by Crippen LogP contribution is 2.54. The molecular weight excluding hydrogens is 222 g/mol. The number of rotatable bonds is 9. The van der Waals surface area contributed by atoms with Crippen molar-refractivity contribution in [2.45, 2.75) is 44.6 Å². The van der Waals surface area contributed by atoms with Crippen LogP contribution in [0.3, 0.4) is 0 Å². The molecule has 0 saturated heterocycles. The Kier molecular flexibility index (Phi) is 4.68. The Morgan fingerprint density at radius 1 is 1.00 bits per heavy atom. The van der Waals surface area contributed by atoms with Gasteiger partial charge in [0.2, 0.25) is 0 Å². The first-order chi connectivity index (χ1) is 8.65. The standard InChI is InChI=1S/C15H31N3/c1-4-9-18(11-10-17(2)3)15(12-16,13-5-6-13)14-7-8-14/h13-14H,4-12,16H2,1-3H3. The molecule has 3 heteroatoms. The summed E-state index contributed by atoms with van der Waals surface area (Å²) in [5, 5.41) is 0. The smallest absolute Gasteiger partial charge is 0.0388 e. The Bertz CT molecular complexity index is 244. The van der Waals surface area contributed by atoms with E-state index in [0.29, 0.717) is 5.54 Å². The molecule has 3 nitrogen and oxygen atoms in total. The first-order valence-electron chi connectivity index (χ1n) is 7.75. The lowest BCUT2D eigenvalue weighted by atomic mass is 9.85. The zero-order valence-corrected chi connectivity index (χ0v) is 12.5. The maximum atomic E-state index is 6.27. The van der Waals surface area contributed by atoms with Gasteiger partial charge in [-0.2, -0.15) is 0 Å². The summed E-state index contributed by atoms with van der Waals surface area (Å²) >= 11 is 0. The molecule has 0 bridgehead atoms. The van der Waals surface area contributed by atoms with Crippen molar-refractivity contribution in [3.8, 4) is 0 Å². The fraction of sp³-hybridized carbons (Fsp3) is 1.00. The number of hydrogen-bond donors (Lipinski definition) is 1. The Hall–Kier alpha value is -0.120. The minimum atomic E-state index is 0.353. The van der Waals surface area contributed by atoms with Crippen molar-refractivity contribution in [3.05, 3.63) is 0 Å². The van der Waals surface area contributed by atoms with E-state index in [1.54, 1.807) is 0 Å². The SMILES string of the molecule is CCCN(CCN(C)C)C(CN)(C1CC1)C1CC1. The maximum Gasteiger partial charge on any atom is 0.0388 e. The molecule has 2 aliphatic carbocycles. The van der Waals surface area contributed by atoms with Crippen molar-refractivity contribution in [1.82, 2.24) is 9.80 Å². The van der Waals surface area contributed by atoms with Crippen LogP contribution in [-0.4, -0.2) is 55.6 Å². The van der Waals surface area contributed by atoms with Gasteiger partial charge in [0.1, 0.15) is 0 Å². The van der Waals surface area contributed by atoms with E-state index in [1.165, 1.54) is 45.2 Å². The predicted octanol–water partition coefficient (Wildman–Crippen LogP) is 1.78. The fourth-order valence-electron chi connectivity index (χ4n) is 3.60. The highest BCUT2D eigenvalue weighted by atomic mass is 15.3. The van der Waals surface area contributed by atoms with Crippen LogP contribution in [0.4, 0.5) is 0 Å². The highest BCUT2D eigenvalue weighted by Gasteiger charge is 2.56. The molecule has 2 N–H and O–H groups in total. The van der Waals surface area contributed by atoms with E-state index in [4.69, 9.17) is 5.73 Å². The van der Waals surface area contributed by atoms with Crippen LogP contribution in [0, 0.1) is 11.8 Å². The van der Waals surface area contributed by atoms with Crippen molar-refractivity contribution >= 4 is 0 Å². The summed E-state index contributed by atoms with van der Waals surface area (Å²) in [5.41, 5.74) is 6.63. The second-order valence-electron chi connectivity index (χ2n) is 6.53. The molecule has 0 atom stereocenters. The second-order valence-corrected chi connectivity index (χ2v) is 6.53. The van der Waals surface area contributed by atoms with E-state index in [-0.39, 0.29) is 0 Å². The lowest BCUT2D eigenvalue weighted by Gasteiger charge is -2.45. The van der Waals surface area contributed by atoms with Crippen LogP contribution in [0.1, 0.15) is 39.0 Å². The lowest BCUT2D eigenvalue weighted by molar-refractivity contribution is 0.0455. The van der Waals surface area contributed by atoms with E-state index in [1.807, 2.05) is 0 Å². The van der Waals surface area contributed by atoms with E-state index in [9.17, 15) is 0 Å². The van der Waals surface area contributed by atoms with Crippen LogP contribution in [0.2, 0.25) is 0 Å². The molecule has 2 aliphatic rings. The van der Waals surface area contributed by atoms with Crippen molar-refractivity contribution < 1.29 is 0 Å². The molecule has 0 aromatic carbocycles. The van der Waals surface area contributed by atoms with Gasteiger partial charge in [-0.1, -0.05) is 6.92 Å². The van der Waals surface area contributed by atoms with Crippen LogP contribution >= 0.6 is 0 Å². The fourth-order valence-corrected chi connectivity index (χ4v) is 3.60. The molecule has 0 radical (unpaired) electrons. The highest BCUT2D eigenvalue weighted by molar-refractivity contribution is 5.11. The first kappa shape index (κ1) is 14.3. The van der Waals surface area contributed by atoms with Gasteiger partial charge in [0.25, 0.3) is 0 Å². The zero-order chi connectivity index (χ0) is 13.2. The molecule has 106 valence electrons. The van der Waals surface area contributed by atoms with Crippen LogP contribution in [0.5, 0.6) is 0 Å². The summed E-state index contributed by atoms with van der Waals surface area (Å²) in [5.74, 6) is 1.78. The topological polar surface area (TPSA) is 32.5 Å². The van der Waals surface area contributed by atoms with Crippen molar-refractivity contribution in [1.29, 1.82) is 0 Å². The van der Waals surface area contributed by atoms with Gasteiger partial charge < -0.3 is 10.6 Å². The van der Waals surface area contributed by atoms with Gasteiger partial charge in [0.15, 0.2) is 0 Å². The summed E-state index contributed by atoms with van der Waals surface area (Å²) in [6.07, 6.45) is 6.89.